The number of hydrogen-bond acceptors (Lipinski definition) is 3. The molecule has 0 aliphatic heterocycles. The lowest BCUT2D eigenvalue weighted by atomic mass is 10.1. The molecule has 1 aromatic heterocycles. The lowest BCUT2D eigenvalue weighted by molar-refractivity contribution is -0.176. The van der Waals surface area contributed by atoms with Crippen LogP contribution in [0, 0.1) is 19.8 Å². The third-order valence-corrected chi connectivity index (χ3v) is 4.72. The number of ether oxygens (including phenoxy) is 1. The summed E-state index contributed by atoms with van der Waals surface area (Å²) in [4.78, 5) is 12.2. The molecule has 0 aliphatic carbocycles. The number of carbonyl (C=O) groups is 1. The molecule has 2 aromatic rings. The third-order valence-electron chi connectivity index (χ3n) is 4.72. The number of halogens is 3. The van der Waals surface area contributed by atoms with Crippen LogP contribution in [0.15, 0.2) is 24.3 Å². The fourth-order valence-corrected chi connectivity index (χ4v) is 3.18. The van der Waals surface area contributed by atoms with Crippen molar-refractivity contribution in [3.8, 4) is 0 Å². The molecule has 5 nitrogen and oxygen atoms in total. The topological polar surface area (TPSA) is 56.2 Å². The van der Waals surface area contributed by atoms with E-state index in [0.717, 1.165) is 29.1 Å². The second-order valence-electron chi connectivity index (χ2n) is 7.93. The molecule has 1 amide bonds. The largest absolute Gasteiger partial charge is 0.411 e. The van der Waals surface area contributed by atoms with Crippen molar-refractivity contribution in [2.75, 3.05) is 6.61 Å². The van der Waals surface area contributed by atoms with Gasteiger partial charge in [-0.2, -0.15) is 18.3 Å². The van der Waals surface area contributed by atoms with Crippen LogP contribution in [-0.2, 0) is 35.6 Å². The van der Waals surface area contributed by atoms with E-state index in [1.54, 1.807) is 24.3 Å². The summed E-state index contributed by atoms with van der Waals surface area (Å²) >= 11 is 0. The van der Waals surface area contributed by atoms with Crippen molar-refractivity contribution in [1.29, 1.82) is 0 Å². The minimum absolute atomic E-state index is 0.0528. The van der Waals surface area contributed by atoms with Crippen LogP contribution >= 0.6 is 0 Å². The van der Waals surface area contributed by atoms with E-state index in [1.807, 2.05) is 18.5 Å². The zero-order chi connectivity index (χ0) is 22.3. The van der Waals surface area contributed by atoms with E-state index in [4.69, 9.17) is 0 Å². The van der Waals surface area contributed by atoms with E-state index in [0.29, 0.717) is 30.9 Å². The molecule has 0 spiro atoms. The highest BCUT2D eigenvalue weighted by molar-refractivity contribution is 5.76. The molecule has 0 atom stereocenters. The summed E-state index contributed by atoms with van der Waals surface area (Å²) in [5.41, 5.74) is 4.72. The van der Waals surface area contributed by atoms with Gasteiger partial charge >= 0.3 is 6.18 Å². The molecular formula is C22H30F3N3O2. The minimum Gasteiger partial charge on any atom is -0.367 e. The molecule has 0 saturated carbocycles. The van der Waals surface area contributed by atoms with Crippen LogP contribution in [-0.4, -0.2) is 28.5 Å². The number of amides is 1. The maximum absolute atomic E-state index is 12.2. The van der Waals surface area contributed by atoms with Crippen molar-refractivity contribution in [1.82, 2.24) is 15.1 Å². The molecule has 0 unspecified atom stereocenters. The van der Waals surface area contributed by atoms with Crippen molar-refractivity contribution in [2.24, 2.45) is 5.92 Å². The van der Waals surface area contributed by atoms with Gasteiger partial charge in [0.25, 0.3) is 0 Å². The molecule has 0 fully saturated rings. The molecule has 0 saturated heterocycles. The molecule has 0 aliphatic rings. The van der Waals surface area contributed by atoms with Gasteiger partial charge in [-0.1, -0.05) is 38.1 Å². The Labute approximate surface area is 175 Å². The van der Waals surface area contributed by atoms with E-state index in [1.165, 1.54) is 0 Å². The molecule has 1 heterocycles. The Morgan fingerprint density at radius 3 is 2.40 bits per heavy atom. The van der Waals surface area contributed by atoms with Crippen molar-refractivity contribution < 1.29 is 22.7 Å². The monoisotopic (exact) mass is 425 g/mol. The number of carbonyl (C=O) groups excluding carboxylic acids is 1. The molecule has 1 aromatic carbocycles. The smallest absolute Gasteiger partial charge is 0.367 e. The number of rotatable bonds is 10. The van der Waals surface area contributed by atoms with Crippen LogP contribution in [0.1, 0.15) is 48.3 Å². The first-order valence-corrected chi connectivity index (χ1v) is 10.1. The second-order valence-corrected chi connectivity index (χ2v) is 7.93. The van der Waals surface area contributed by atoms with E-state index in [9.17, 15) is 18.0 Å². The van der Waals surface area contributed by atoms with Gasteiger partial charge in [0.05, 0.1) is 12.3 Å². The van der Waals surface area contributed by atoms with Gasteiger partial charge in [0.2, 0.25) is 5.91 Å². The Balaban J connectivity index is 1.78. The van der Waals surface area contributed by atoms with Crippen molar-refractivity contribution in [2.45, 2.75) is 66.4 Å². The fraction of sp³-hybridized carbons (Fsp3) is 0.545. The molecule has 166 valence electrons. The predicted molar refractivity (Wildman–Crippen MR) is 109 cm³/mol. The number of alkyl halides is 3. The highest BCUT2D eigenvalue weighted by atomic mass is 19.4. The number of aryl methyl sites for hydroxylation is 1. The maximum atomic E-state index is 12.2. The molecular weight excluding hydrogens is 395 g/mol. The highest BCUT2D eigenvalue weighted by Gasteiger charge is 2.27. The summed E-state index contributed by atoms with van der Waals surface area (Å²) in [5.74, 6) is 0.449. The van der Waals surface area contributed by atoms with Gasteiger partial charge in [-0.3, -0.25) is 9.48 Å². The summed E-state index contributed by atoms with van der Waals surface area (Å²) in [6, 6.07) is 6.95. The van der Waals surface area contributed by atoms with Crippen LogP contribution in [0.5, 0.6) is 0 Å². The SMILES string of the molecule is Cc1nn(CC(C)C)c(C)c1CCC(=O)NCc1ccc(COCC(F)(F)F)cc1. The third kappa shape index (κ3) is 7.82. The van der Waals surface area contributed by atoms with Gasteiger partial charge < -0.3 is 10.1 Å². The average molecular weight is 425 g/mol. The standard InChI is InChI=1S/C22H30F3N3O2/c1-15(2)12-28-17(4)20(16(3)27-28)9-10-21(29)26-11-18-5-7-19(8-6-18)13-30-14-22(23,24)25/h5-8,15H,9-14H2,1-4H3,(H,26,29). The van der Waals surface area contributed by atoms with Gasteiger partial charge in [0, 0.05) is 25.2 Å². The number of benzene rings is 1. The van der Waals surface area contributed by atoms with Crippen LogP contribution in [0.4, 0.5) is 13.2 Å². The van der Waals surface area contributed by atoms with Crippen molar-refractivity contribution in [3.63, 3.8) is 0 Å². The predicted octanol–water partition coefficient (Wildman–Crippen LogP) is 4.48. The van der Waals surface area contributed by atoms with E-state index >= 15 is 0 Å². The fourth-order valence-electron chi connectivity index (χ4n) is 3.18. The van der Waals surface area contributed by atoms with E-state index in [2.05, 4.69) is 29.0 Å². The Morgan fingerprint density at radius 2 is 1.80 bits per heavy atom. The first-order chi connectivity index (χ1) is 14.0. The van der Waals surface area contributed by atoms with Gasteiger partial charge in [-0.15, -0.1) is 0 Å². The molecule has 30 heavy (non-hydrogen) atoms. The number of nitrogens with zero attached hydrogens (tertiary/aromatic N) is 2. The summed E-state index contributed by atoms with van der Waals surface area (Å²) in [7, 11) is 0. The number of nitrogens with one attached hydrogen (secondary N) is 1. The maximum Gasteiger partial charge on any atom is 0.411 e. The Bertz CT molecular complexity index is 827. The lowest BCUT2D eigenvalue weighted by Crippen LogP contribution is -2.23. The highest BCUT2D eigenvalue weighted by Crippen LogP contribution is 2.17. The summed E-state index contributed by atoms with van der Waals surface area (Å²) in [6.07, 6.45) is -3.32. The van der Waals surface area contributed by atoms with Crippen LogP contribution in [0.25, 0.3) is 0 Å². The van der Waals surface area contributed by atoms with Crippen LogP contribution in [0.2, 0.25) is 0 Å². The van der Waals surface area contributed by atoms with Crippen LogP contribution in [0.3, 0.4) is 0 Å². The summed E-state index contributed by atoms with van der Waals surface area (Å²) in [6.45, 7) is 8.16. The average Bonchev–Trinajstić information content (AvgIpc) is 2.90. The molecule has 8 heteroatoms. The Kier molecular flexibility index (Phi) is 8.46. The van der Waals surface area contributed by atoms with Crippen molar-refractivity contribution in [3.05, 3.63) is 52.3 Å². The van der Waals surface area contributed by atoms with E-state index < -0.39 is 12.8 Å². The normalized spacial score (nSPS) is 11.9. The van der Waals surface area contributed by atoms with Gasteiger partial charge in [-0.25, -0.2) is 0 Å². The zero-order valence-corrected chi connectivity index (χ0v) is 18.0. The second kappa shape index (κ2) is 10.6. The lowest BCUT2D eigenvalue weighted by Gasteiger charge is -2.09. The molecule has 0 radical (unpaired) electrons. The first kappa shape index (κ1) is 23.9. The number of hydrogen-bond donors (Lipinski definition) is 1. The van der Waals surface area contributed by atoms with Gasteiger partial charge in [0.15, 0.2) is 0 Å². The minimum atomic E-state index is -4.32. The van der Waals surface area contributed by atoms with Crippen molar-refractivity contribution >= 4 is 5.91 Å². The first-order valence-electron chi connectivity index (χ1n) is 10.1. The molecule has 1 N–H and O–H groups in total. The Hall–Kier alpha value is -2.35. The molecule has 2 rings (SSSR count). The number of aromatic nitrogens is 2. The van der Waals surface area contributed by atoms with Gasteiger partial charge in [-0.05, 0) is 42.9 Å². The zero-order valence-electron chi connectivity index (χ0n) is 18.0. The summed E-state index contributed by atoms with van der Waals surface area (Å²) in [5, 5.41) is 7.46. The Morgan fingerprint density at radius 1 is 1.17 bits per heavy atom. The quantitative estimate of drug-likeness (QED) is 0.611. The molecule has 0 bridgehead atoms. The van der Waals surface area contributed by atoms with Crippen LogP contribution < -0.4 is 5.32 Å². The van der Waals surface area contributed by atoms with Gasteiger partial charge in [0.1, 0.15) is 6.61 Å². The van der Waals surface area contributed by atoms with E-state index in [-0.39, 0.29) is 12.5 Å². The summed E-state index contributed by atoms with van der Waals surface area (Å²) < 4.78 is 42.9.